The Morgan fingerprint density at radius 3 is 2.70 bits per heavy atom. The minimum Gasteiger partial charge on any atom is -0.371 e. The number of benzene rings is 2. The summed E-state index contributed by atoms with van der Waals surface area (Å²) in [4.78, 5) is 13.2. The van der Waals surface area contributed by atoms with Crippen molar-refractivity contribution in [3.05, 3.63) is 76.1 Å². The summed E-state index contributed by atoms with van der Waals surface area (Å²) in [5, 5.41) is 24.5. The summed E-state index contributed by atoms with van der Waals surface area (Å²) < 4.78 is 1.60. The predicted molar refractivity (Wildman–Crippen MR) is 118 cm³/mol. The molecule has 0 saturated carbocycles. The van der Waals surface area contributed by atoms with E-state index >= 15 is 0 Å². The van der Waals surface area contributed by atoms with Gasteiger partial charge < -0.3 is 4.90 Å². The number of nitrogens with zero attached hydrogens (tertiary/aromatic N) is 6. The molecule has 0 unspecified atom stereocenters. The average Bonchev–Trinajstić information content (AvgIpc) is 3.24. The largest absolute Gasteiger partial charge is 0.371 e. The zero-order valence-electron chi connectivity index (χ0n) is 16.4. The Hall–Kier alpha value is -3.20. The van der Waals surface area contributed by atoms with Gasteiger partial charge in [0.2, 0.25) is 5.16 Å². The van der Waals surface area contributed by atoms with Crippen molar-refractivity contribution in [1.29, 1.82) is 0 Å². The zero-order valence-corrected chi connectivity index (χ0v) is 17.2. The Morgan fingerprint density at radius 1 is 1.13 bits per heavy atom. The second kappa shape index (κ2) is 9.53. The standard InChI is InChI=1S/C21H22N6O2S/c28-27(29)19-9-10-20(25-11-5-2-6-12-25)18(13-19)14-23-26-16-22-24-21(26)30-15-17-7-3-1-4-8-17/h1,3-4,7-10,13-14,16H,2,5-6,11-12,15H2. The van der Waals surface area contributed by atoms with Crippen LogP contribution in [0.25, 0.3) is 0 Å². The van der Waals surface area contributed by atoms with Crippen molar-refractivity contribution in [3.8, 4) is 0 Å². The molecule has 0 bridgehead atoms. The lowest BCUT2D eigenvalue weighted by Crippen LogP contribution is -2.30. The molecule has 0 aliphatic carbocycles. The highest BCUT2D eigenvalue weighted by Gasteiger charge is 2.17. The lowest BCUT2D eigenvalue weighted by Gasteiger charge is -2.29. The molecule has 2 heterocycles. The molecule has 8 nitrogen and oxygen atoms in total. The number of piperidine rings is 1. The van der Waals surface area contributed by atoms with Gasteiger partial charge in [-0.1, -0.05) is 42.1 Å². The molecule has 0 radical (unpaired) electrons. The summed E-state index contributed by atoms with van der Waals surface area (Å²) in [7, 11) is 0. The van der Waals surface area contributed by atoms with Gasteiger partial charge in [-0.3, -0.25) is 10.1 Å². The first-order chi connectivity index (χ1) is 14.7. The van der Waals surface area contributed by atoms with Gasteiger partial charge in [-0.2, -0.15) is 9.78 Å². The molecule has 0 spiro atoms. The second-order valence-corrected chi connectivity index (χ2v) is 7.97. The first-order valence-electron chi connectivity index (χ1n) is 9.85. The van der Waals surface area contributed by atoms with Gasteiger partial charge in [-0.25, -0.2) is 0 Å². The van der Waals surface area contributed by atoms with Crippen LogP contribution in [0.5, 0.6) is 0 Å². The van der Waals surface area contributed by atoms with Gasteiger partial charge in [0.05, 0.1) is 11.1 Å². The molecule has 1 aliphatic rings. The van der Waals surface area contributed by atoms with Crippen LogP contribution in [0.15, 0.2) is 65.1 Å². The molecule has 1 aliphatic heterocycles. The van der Waals surface area contributed by atoms with Crippen molar-refractivity contribution < 1.29 is 4.92 Å². The SMILES string of the molecule is O=[N+]([O-])c1ccc(N2CCCCC2)c(C=Nn2cnnc2SCc2ccccc2)c1. The van der Waals surface area contributed by atoms with Crippen LogP contribution in [0, 0.1) is 10.1 Å². The monoisotopic (exact) mass is 422 g/mol. The Labute approximate surface area is 178 Å². The predicted octanol–water partition coefficient (Wildman–Crippen LogP) is 4.35. The van der Waals surface area contributed by atoms with Gasteiger partial charge in [0, 0.05) is 42.2 Å². The first-order valence-corrected chi connectivity index (χ1v) is 10.8. The summed E-state index contributed by atoms with van der Waals surface area (Å²) in [5.41, 5.74) is 2.93. The molecule has 2 aromatic carbocycles. The van der Waals surface area contributed by atoms with Gasteiger partial charge in [0.1, 0.15) is 6.33 Å². The number of hydrogen-bond donors (Lipinski definition) is 0. The maximum Gasteiger partial charge on any atom is 0.270 e. The Bertz CT molecular complexity index is 1030. The minimum atomic E-state index is -0.378. The molecule has 30 heavy (non-hydrogen) atoms. The maximum atomic E-state index is 11.3. The van der Waals surface area contributed by atoms with E-state index in [1.165, 1.54) is 23.7 Å². The topological polar surface area (TPSA) is 89.5 Å². The van der Waals surface area contributed by atoms with E-state index < -0.39 is 0 Å². The summed E-state index contributed by atoms with van der Waals surface area (Å²) in [6.45, 7) is 1.90. The number of nitro benzene ring substituents is 1. The fourth-order valence-corrected chi connectivity index (χ4v) is 4.24. The molecular formula is C21H22N6O2S. The normalized spacial score (nSPS) is 14.3. The summed E-state index contributed by atoms with van der Waals surface area (Å²) in [5.74, 6) is 0.755. The molecule has 0 N–H and O–H groups in total. The lowest BCUT2D eigenvalue weighted by atomic mass is 10.1. The van der Waals surface area contributed by atoms with Crippen LogP contribution in [0.1, 0.15) is 30.4 Å². The third-order valence-corrected chi connectivity index (χ3v) is 5.96. The van der Waals surface area contributed by atoms with Gasteiger partial charge in [0.15, 0.2) is 0 Å². The number of non-ortho nitro benzene ring substituents is 1. The van der Waals surface area contributed by atoms with Gasteiger partial charge in [0.25, 0.3) is 5.69 Å². The number of aromatic nitrogens is 3. The van der Waals surface area contributed by atoms with Crippen LogP contribution in [0.2, 0.25) is 0 Å². The fourth-order valence-electron chi connectivity index (χ4n) is 3.42. The van der Waals surface area contributed by atoms with E-state index in [-0.39, 0.29) is 10.6 Å². The van der Waals surface area contributed by atoms with Crippen LogP contribution >= 0.6 is 11.8 Å². The van der Waals surface area contributed by atoms with E-state index in [0.717, 1.165) is 42.9 Å². The highest BCUT2D eigenvalue weighted by atomic mass is 32.2. The Morgan fingerprint density at radius 2 is 1.93 bits per heavy atom. The van der Waals surface area contributed by atoms with E-state index in [1.54, 1.807) is 29.4 Å². The molecule has 0 atom stereocenters. The maximum absolute atomic E-state index is 11.3. The smallest absolute Gasteiger partial charge is 0.270 e. The zero-order chi connectivity index (χ0) is 20.8. The number of rotatable bonds is 7. The van der Waals surface area contributed by atoms with Crippen molar-refractivity contribution in [2.75, 3.05) is 18.0 Å². The van der Waals surface area contributed by atoms with E-state index in [2.05, 4.69) is 32.3 Å². The number of thioether (sulfide) groups is 1. The van der Waals surface area contributed by atoms with Crippen molar-refractivity contribution in [3.63, 3.8) is 0 Å². The highest BCUT2D eigenvalue weighted by Crippen LogP contribution is 2.27. The van der Waals surface area contributed by atoms with E-state index in [1.807, 2.05) is 24.3 Å². The van der Waals surface area contributed by atoms with Crippen molar-refractivity contribution >= 4 is 29.4 Å². The fraction of sp³-hybridized carbons (Fsp3) is 0.286. The molecule has 154 valence electrons. The molecule has 0 amide bonds. The quantitative estimate of drug-likeness (QED) is 0.243. The van der Waals surface area contributed by atoms with E-state index in [9.17, 15) is 10.1 Å². The van der Waals surface area contributed by atoms with Crippen molar-refractivity contribution in [2.45, 2.75) is 30.2 Å². The van der Waals surface area contributed by atoms with E-state index in [0.29, 0.717) is 5.16 Å². The summed E-state index contributed by atoms with van der Waals surface area (Å²) in [6, 6.07) is 15.1. The number of nitro groups is 1. The third-order valence-electron chi connectivity index (χ3n) is 4.95. The average molecular weight is 423 g/mol. The lowest BCUT2D eigenvalue weighted by molar-refractivity contribution is -0.384. The molecule has 9 heteroatoms. The number of anilines is 1. The third kappa shape index (κ3) is 4.85. The van der Waals surface area contributed by atoms with Gasteiger partial charge in [-0.05, 0) is 30.9 Å². The summed E-state index contributed by atoms with van der Waals surface area (Å²) >= 11 is 1.54. The van der Waals surface area contributed by atoms with Crippen LogP contribution < -0.4 is 4.90 Å². The van der Waals surface area contributed by atoms with Crippen LogP contribution in [-0.2, 0) is 5.75 Å². The van der Waals surface area contributed by atoms with Crippen LogP contribution in [-0.4, -0.2) is 39.1 Å². The molecule has 1 fully saturated rings. The van der Waals surface area contributed by atoms with Crippen molar-refractivity contribution in [2.24, 2.45) is 5.10 Å². The van der Waals surface area contributed by atoms with Gasteiger partial charge >= 0.3 is 0 Å². The summed E-state index contributed by atoms with van der Waals surface area (Å²) in [6.07, 6.45) is 6.67. The number of hydrogen-bond acceptors (Lipinski definition) is 7. The van der Waals surface area contributed by atoms with Gasteiger partial charge in [-0.15, -0.1) is 10.2 Å². The Kier molecular flexibility index (Phi) is 6.38. The van der Waals surface area contributed by atoms with Crippen molar-refractivity contribution in [1.82, 2.24) is 14.9 Å². The molecule has 3 aromatic rings. The Balaban J connectivity index is 1.56. The second-order valence-electron chi connectivity index (χ2n) is 7.02. The van der Waals surface area contributed by atoms with E-state index in [4.69, 9.17) is 0 Å². The molecule has 1 saturated heterocycles. The molecule has 1 aromatic heterocycles. The van der Waals surface area contributed by atoms with Crippen LogP contribution in [0.4, 0.5) is 11.4 Å². The highest BCUT2D eigenvalue weighted by molar-refractivity contribution is 7.98. The first kappa shape index (κ1) is 20.1. The molecule has 4 rings (SSSR count). The molecular weight excluding hydrogens is 400 g/mol. The minimum absolute atomic E-state index is 0.0552. The van der Waals surface area contributed by atoms with Crippen LogP contribution in [0.3, 0.4) is 0 Å².